The predicted octanol–water partition coefficient (Wildman–Crippen LogP) is 1.59. The predicted molar refractivity (Wildman–Crippen MR) is 96.2 cm³/mol. The molecule has 26 heavy (non-hydrogen) atoms. The number of amides is 2. The van der Waals surface area contributed by atoms with Crippen molar-refractivity contribution in [2.24, 2.45) is 0 Å². The summed E-state index contributed by atoms with van der Waals surface area (Å²) in [6, 6.07) is 1.82. The maximum atomic E-state index is 12.7. The van der Waals surface area contributed by atoms with E-state index in [2.05, 4.69) is 10.3 Å². The van der Waals surface area contributed by atoms with Gasteiger partial charge in [0.15, 0.2) is 0 Å². The van der Waals surface area contributed by atoms with E-state index in [1.807, 2.05) is 6.07 Å². The fraction of sp³-hybridized carbons (Fsp3) is 0.611. The molecule has 0 aromatic carbocycles. The van der Waals surface area contributed by atoms with E-state index in [1.165, 1.54) is 0 Å². The number of anilines is 1. The van der Waals surface area contributed by atoms with E-state index in [0.29, 0.717) is 38.3 Å². The summed E-state index contributed by atoms with van der Waals surface area (Å²) in [6.07, 6.45) is 5.36. The Kier molecular flexibility index (Phi) is 6.27. The Morgan fingerprint density at radius 2 is 2.04 bits per heavy atom. The monoisotopic (exact) mass is 362 g/mol. The molecule has 2 fully saturated rings. The summed E-state index contributed by atoms with van der Waals surface area (Å²) >= 11 is 0. The van der Waals surface area contributed by atoms with Crippen LogP contribution in [0.2, 0.25) is 0 Å². The minimum atomic E-state index is -0.318. The van der Waals surface area contributed by atoms with Gasteiger partial charge in [-0.15, -0.1) is 0 Å². The van der Waals surface area contributed by atoms with Crippen molar-refractivity contribution in [2.75, 3.05) is 51.3 Å². The Labute approximate surface area is 153 Å². The number of nitrogens with one attached hydrogen (secondary N) is 1. The second-order valence-electron chi connectivity index (χ2n) is 6.46. The van der Waals surface area contributed by atoms with Gasteiger partial charge in [-0.25, -0.2) is 4.79 Å². The highest BCUT2D eigenvalue weighted by molar-refractivity contribution is 5.94. The summed E-state index contributed by atoms with van der Waals surface area (Å²) < 4.78 is 10.6. The van der Waals surface area contributed by atoms with Gasteiger partial charge in [0.2, 0.25) is 0 Å². The summed E-state index contributed by atoms with van der Waals surface area (Å²) in [5.41, 5.74) is 1.36. The number of rotatable bonds is 5. The zero-order valence-corrected chi connectivity index (χ0v) is 15.1. The molecule has 0 saturated carbocycles. The first-order valence-electron chi connectivity index (χ1n) is 9.19. The zero-order valence-electron chi connectivity index (χ0n) is 15.1. The quantitative estimate of drug-likeness (QED) is 0.856. The topological polar surface area (TPSA) is 84.0 Å². The summed E-state index contributed by atoms with van der Waals surface area (Å²) in [5.74, 6) is -0.0678. The van der Waals surface area contributed by atoms with Gasteiger partial charge in [-0.05, 0) is 25.8 Å². The number of carbonyl (C=O) groups is 2. The Morgan fingerprint density at radius 1 is 1.27 bits per heavy atom. The molecule has 3 heterocycles. The van der Waals surface area contributed by atoms with Crippen LogP contribution in [-0.2, 0) is 9.47 Å². The van der Waals surface area contributed by atoms with Crippen LogP contribution in [0.3, 0.4) is 0 Å². The third-order valence-electron chi connectivity index (χ3n) is 4.64. The highest BCUT2D eigenvalue weighted by Gasteiger charge is 2.25. The maximum absolute atomic E-state index is 12.7. The van der Waals surface area contributed by atoms with Crippen molar-refractivity contribution in [1.82, 2.24) is 14.8 Å². The van der Waals surface area contributed by atoms with Crippen LogP contribution < -0.4 is 5.32 Å². The number of piperazine rings is 1. The molecule has 1 atom stereocenters. The average molecular weight is 362 g/mol. The Bertz CT molecular complexity index is 625. The number of carbonyl (C=O) groups excluding carboxylic acids is 2. The maximum Gasteiger partial charge on any atom is 0.409 e. The van der Waals surface area contributed by atoms with Gasteiger partial charge >= 0.3 is 6.09 Å². The van der Waals surface area contributed by atoms with Gasteiger partial charge in [0, 0.05) is 51.7 Å². The van der Waals surface area contributed by atoms with E-state index in [1.54, 1.807) is 29.1 Å². The van der Waals surface area contributed by atoms with E-state index in [-0.39, 0.29) is 18.1 Å². The molecule has 8 heteroatoms. The molecular weight excluding hydrogens is 336 g/mol. The standard InChI is InChI=1S/C18H26N4O4/c1-2-25-18(24)22-7-5-21(6-8-22)17(23)14-10-15(12-19-11-14)20-13-16-4-3-9-26-16/h10-12,16,20H,2-9,13H2,1H3. The Balaban J connectivity index is 1.53. The first-order valence-corrected chi connectivity index (χ1v) is 9.19. The number of pyridine rings is 1. The van der Waals surface area contributed by atoms with Crippen LogP contribution in [0.4, 0.5) is 10.5 Å². The van der Waals surface area contributed by atoms with Crippen molar-refractivity contribution in [3.63, 3.8) is 0 Å². The minimum absolute atomic E-state index is 0.0678. The van der Waals surface area contributed by atoms with Gasteiger partial charge < -0.3 is 24.6 Å². The van der Waals surface area contributed by atoms with E-state index in [0.717, 1.165) is 31.7 Å². The van der Waals surface area contributed by atoms with E-state index >= 15 is 0 Å². The van der Waals surface area contributed by atoms with Crippen LogP contribution >= 0.6 is 0 Å². The van der Waals surface area contributed by atoms with Gasteiger partial charge in [-0.3, -0.25) is 9.78 Å². The third-order valence-corrected chi connectivity index (χ3v) is 4.64. The van der Waals surface area contributed by atoms with Crippen LogP contribution in [-0.4, -0.2) is 78.8 Å². The zero-order chi connectivity index (χ0) is 18.4. The van der Waals surface area contributed by atoms with Crippen molar-refractivity contribution in [3.8, 4) is 0 Å². The lowest BCUT2D eigenvalue weighted by Crippen LogP contribution is -2.50. The van der Waals surface area contributed by atoms with Crippen molar-refractivity contribution in [1.29, 1.82) is 0 Å². The van der Waals surface area contributed by atoms with Crippen LogP contribution in [0, 0.1) is 0 Å². The first-order chi connectivity index (χ1) is 12.7. The van der Waals surface area contributed by atoms with Crippen molar-refractivity contribution >= 4 is 17.7 Å². The molecule has 1 N–H and O–H groups in total. The fourth-order valence-electron chi connectivity index (χ4n) is 3.18. The normalized spacial score (nSPS) is 20.1. The molecule has 142 valence electrons. The molecule has 0 radical (unpaired) electrons. The van der Waals surface area contributed by atoms with Gasteiger partial charge in [0.25, 0.3) is 5.91 Å². The molecule has 1 aromatic rings. The molecule has 0 aliphatic carbocycles. The second kappa shape index (κ2) is 8.84. The molecule has 2 amide bonds. The third kappa shape index (κ3) is 4.63. The molecule has 0 spiro atoms. The van der Waals surface area contributed by atoms with Crippen LogP contribution in [0.5, 0.6) is 0 Å². The number of nitrogens with zero attached hydrogens (tertiary/aromatic N) is 3. The largest absolute Gasteiger partial charge is 0.450 e. The number of ether oxygens (including phenoxy) is 2. The number of hydrogen-bond acceptors (Lipinski definition) is 6. The SMILES string of the molecule is CCOC(=O)N1CCN(C(=O)c2cncc(NCC3CCCO3)c2)CC1. The van der Waals surface area contributed by atoms with Gasteiger partial charge in [0.05, 0.1) is 24.0 Å². The smallest absolute Gasteiger partial charge is 0.409 e. The summed E-state index contributed by atoms with van der Waals surface area (Å²) in [4.78, 5) is 32.0. The van der Waals surface area contributed by atoms with Crippen LogP contribution in [0.25, 0.3) is 0 Å². The van der Waals surface area contributed by atoms with Crippen molar-refractivity contribution in [2.45, 2.75) is 25.9 Å². The van der Waals surface area contributed by atoms with Gasteiger partial charge in [0.1, 0.15) is 0 Å². The summed E-state index contributed by atoms with van der Waals surface area (Å²) in [6.45, 7) is 5.62. The lowest BCUT2D eigenvalue weighted by molar-refractivity contribution is 0.0570. The van der Waals surface area contributed by atoms with Crippen LogP contribution in [0.15, 0.2) is 18.5 Å². The number of aromatic nitrogens is 1. The summed E-state index contributed by atoms with van der Waals surface area (Å²) in [5, 5.41) is 3.29. The molecule has 2 saturated heterocycles. The van der Waals surface area contributed by atoms with E-state index in [4.69, 9.17) is 9.47 Å². The Hall–Kier alpha value is -2.35. The van der Waals surface area contributed by atoms with E-state index in [9.17, 15) is 9.59 Å². The second-order valence-corrected chi connectivity index (χ2v) is 6.46. The molecule has 8 nitrogen and oxygen atoms in total. The highest BCUT2D eigenvalue weighted by atomic mass is 16.6. The molecule has 0 bridgehead atoms. The molecule has 2 aliphatic rings. The molecule has 1 unspecified atom stereocenters. The lowest BCUT2D eigenvalue weighted by Gasteiger charge is -2.34. The number of hydrogen-bond donors (Lipinski definition) is 1. The lowest BCUT2D eigenvalue weighted by atomic mass is 10.2. The molecule has 2 aliphatic heterocycles. The fourth-order valence-corrected chi connectivity index (χ4v) is 3.18. The molecule has 3 rings (SSSR count). The minimum Gasteiger partial charge on any atom is -0.450 e. The molecule has 1 aromatic heterocycles. The summed E-state index contributed by atoms with van der Waals surface area (Å²) in [7, 11) is 0. The van der Waals surface area contributed by atoms with Crippen molar-refractivity contribution < 1.29 is 19.1 Å². The first kappa shape index (κ1) is 18.4. The Morgan fingerprint density at radius 3 is 2.73 bits per heavy atom. The van der Waals surface area contributed by atoms with E-state index < -0.39 is 0 Å². The van der Waals surface area contributed by atoms with Crippen molar-refractivity contribution in [3.05, 3.63) is 24.0 Å². The average Bonchev–Trinajstić information content (AvgIpc) is 3.20. The van der Waals surface area contributed by atoms with Crippen LogP contribution in [0.1, 0.15) is 30.1 Å². The van der Waals surface area contributed by atoms with Gasteiger partial charge in [-0.2, -0.15) is 0 Å². The highest BCUT2D eigenvalue weighted by Crippen LogP contribution is 2.16. The molecular formula is C18H26N4O4. The van der Waals surface area contributed by atoms with Gasteiger partial charge in [-0.1, -0.05) is 0 Å².